The molecule has 0 radical (unpaired) electrons. The number of carboxylic acid groups (broad SMARTS) is 1. The van der Waals surface area contributed by atoms with E-state index >= 15 is 0 Å². The van der Waals surface area contributed by atoms with Crippen molar-refractivity contribution in [1.82, 2.24) is 0 Å². The van der Waals surface area contributed by atoms with E-state index in [2.05, 4.69) is 0 Å². The minimum Gasteiger partial charge on any atom is -0.492 e. The molecule has 0 aliphatic carbocycles. The molecule has 1 aromatic carbocycles. The van der Waals surface area contributed by atoms with Gasteiger partial charge >= 0.3 is 12.1 Å². The SMILES string of the molecule is CCSc1cccc(OCCC(F)(F)F)c1C(=O)O. The molecule has 0 fully saturated rings. The van der Waals surface area contributed by atoms with Gasteiger partial charge in [0.2, 0.25) is 0 Å². The average molecular weight is 294 g/mol. The molecule has 0 aromatic heterocycles. The Labute approximate surface area is 112 Å². The zero-order chi connectivity index (χ0) is 14.5. The molecule has 0 bridgehead atoms. The molecule has 1 aromatic rings. The predicted molar refractivity (Wildman–Crippen MR) is 66.0 cm³/mol. The van der Waals surface area contributed by atoms with E-state index in [4.69, 9.17) is 9.84 Å². The number of thioether (sulfide) groups is 1. The maximum Gasteiger partial charge on any atom is 0.392 e. The summed E-state index contributed by atoms with van der Waals surface area (Å²) in [6.07, 6.45) is -5.43. The number of halogens is 3. The molecule has 0 heterocycles. The molecule has 3 nitrogen and oxygen atoms in total. The van der Waals surface area contributed by atoms with Gasteiger partial charge < -0.3 is 9.84 Å². The fourth-order valence-corrected chi connectivity index (χ4v) is 2.21. The molecule has 0 atom stereocenters. The lowest BCUT2D eigenvalue weighted by molar-refractivity contribution is -0.139. The van der Waals surface area contributed by atoms with Crippen molar-refractivity contribution in [1.29, 1.82) is 0 Å². The fourth-order valence-electron chi connectivity index (χ4n) is 1.39. The van der Waals surface area contributed by atoms with E-state index in [0.717, 1.165) is 0 Å². The Kier molecular flexibility index (Phi) is 5.53. The first-order valence-electron chi connectivity index (χ1n) is 5.53. The first-order valence-corrected chi connectivity index (χ1v) is 6.52. The third kappa shape index (κ3) is 5.02. The highest BCUT2D eigenvalue weighted by molar-refractivity contribution is 7.99. The molecule has 7 heteroatoms. The van der Waals surface area contributed by atoms with Crippen molar-refractivity contribution >= 4 is 17.7 Å². The lowest BCUT2D eigenvalue weighted by Gasteiger charge is -2.13. The summed E-state index contributed by atoms with van der Waals surface area (Å²) in [5, 5.41) is 9.12. The highest BCUT2D eigenvalue weighted by Gasteiger charge is 2.27. The van der Waals surface area contributed by atoms with Gasteiger partial charge in [-0.3, -0.25) is 0 Å². The quantitative estimate of drug-likeness (QED) is 0.810. The van der Waals surface area contributed by atoms with Crippen LogP contribution >= 0.6 is 11.8 Å². The van der Waals surface area contributed by atoms with Gasteiger partial charge in [0, 0.05) is 4.90 Å². The molecule has 1 rings (SSSR count). The number of benzene rings is 1. The van der Waals surface area contributed by atoms with Crippen LogP contribution in [0.15, 0.2) is 23.1 Å². The number of ether oxygens (including phenoxy) is 1. The zero-order valence-corrected chi connectivity index (χ0v) is 11.0. The minimum absolute atomic E-state index is 0.0322. The van der Waals surface area contributed by atoms with Gasteiger partial charge in [0.1, 0.15) is 11.3 Å². The smallest absolute Gasteiger partial charge is 0.392 e. The van der Waals surface area contributed by atoms with Gasteiger partial charge in [-0.15, -0.1) is 11.8 Å². The maximum atomic E-state index is 12.0. The van der Waals surface area contributed by atoms with E-state index in [1.807, 2.05) is 6.92 Å². The molecular weight excluding hydrogens is 281 g/mol. The lowest BCUT2D eigenvalue weighted by atomic mass is 10.2. The van der Waals surface area contributed by atoms with E-state index < -0.39 is 25.2 Å². The normalized spacial score (nSPS) is 11.4. The second kappa shape index (κ2) is 6.70. The van der Waals surface area contributed by atoms with Crippen molar-refractivity contribution in [3.63, 3.8) is 0 Å². The van der Waals surface area contributed by atoms with E-state index in [9.17, 15) is 18.0 Å². The number of aromatic carboxylic acids is 1. The van der Waals surface area contributed by atoms with Crippen molar-refractivity contribution in [2.24, 2.45) is 0 Å². The number of rotatable bonds is 6. The molecule has 0 aliphatic heterocycles. The van der Waals surface area contributed by atoms with Gasteiger partial charge in [0.15, 0.2) is 0 Å². The van der Waals surface area contributed by atoms with Crippen molar-refractivity contribution in [2.75, 3.05) is 12.4 Å². The van der Waals surface area contributed by atoms with Gasteiger partial charge in [0.25, 0.3) is 0 Å². The summed E-state index contributed by atoms with van der Waals surface area (Å²) in [6.45, 7) is 1.26. The van der Waals surface area contributed by atoms with Crippen LogP contribution in [0.3, 0.4) is 0 Å². The Morgan fingerprint density at radius 2 is 2.11 bits per heavy atom. The predicted octanol–water partition coefficient (Wildman–Crippen LogP) is 3.83. The van der Waals surface area contributed by atoms with Gasteiger partial charge in [-0.2, -0.15) is 13.2 Å². The highest BCUT2D eigenvalue weighted by atomic mass is 32.2. The molecule has 0 unspecified atom stereocenters. The number of carbonyl (C=O) groups is 1. The van der Waals surface area contributed by atoms with Gasteiger partial charge in [-0.25, -0.2) is 4.79 Å². The maximum absolute atomic E-state index is 12.0. The van der Waals surface area contributed by atoms with E-state index in [-0.39, 0.29) is 11.3 Å². The van der Waals surface area contributed by atoms with Crippen LogP contribution in [-0.2, 0) is 0 Å². The van der Waals surface area contributed by atoms with Crippen molar-refractivity contribution in [3.8, 4) is 5.75 Å². The second-order valence-electron chi connectivity index (χ2n) is 3.58. The number of hydrogen-bond acceptors (Lipinski definition) is 3. The summed E-state index contributed by atoms with van der Waals surface area (Å²) < 4.78 is 41.0. The second-order valence-corrected chi connectivity index (χ2v) is 4.89. The standard InChI is InChI=1S/C12H13F3O3S/c1-2-19-9-5-3-4-8(10(9)11(16)17)18-7-6-12(13,14)15/h3-5H,2,6-7H2,1H3,(H,16,17). The molecule has 19 heavy (non-hydrogen) atoms. The third-order valence-corrected chi connectivity index (χ3v) is 3.08. The Morgan fingerprint density at radius 1 is 1.42 bits per heavy atom. The third-order valence-electron chi connectivity index (χ3n) is 2.14. The molecule has 0 saturated carbocycles. The summed E-state index contributed by atoms with van der Waals surface area (Å²) in [6, 6.07) is 4.53. The highest BCUT2D eigenvalue weighted by Crippen LogP contribution is 2.30. The molecule has 0 amide bonds. The zero-order valence-electron chi connectivity index (χ0n) is 10.2. The molecule has 1 N–H and O–H groups in total. The Hall–Kier alpha value is -1.37. The fraction of sp³-hybridized carbons (Fsp3) is 0.417. The Bertz CT molecular complexity index is 446. The van der Waals surface area contributed by atoms with Crippen LogP contribution in [0.5, 0.6) is 5.75 Å². The van der Waals surface area contributed by atoms with Crippen LogP contribution in [0.1, 0.15) is 23.7 Å². The first-order chi connectivity index (χ1) is 8.85. The largest absolute Gasteiger partial charge is 0.492 e. The molecule has 0 saturated heterocycles. The average Bonchev–Trinajstić information content (AvgIpc) is 2.27. The van der Waals surface area contributed by atoms with E-state index in [1.165, 1.54) is 17.8 Å². The summed E-state index contributed by atoms with van der Waals surface area (Å²) in [4.78, 5) is 11.6. The minimum atomic E-state index is -4.32. The van der Waals surface area contributed by atoms with Gasteiger partial charge in [-0.1, -0.05) is 13.0 Å². The van der Waals surface area contributed by atoms with E-state index in [1.54, 1.807) is 12.1 Å². The molecule has 0 spiro atoms. The van der Waals surface area contributed by atoms with Crippen LogP contribution < -0.4 is 4.74 Å². The monoisotopic (exact) mass is 294 g/mol. The Balaban J connectivity index is 2.87. The van der Waals surface area contributed by atoms with Crippen LogP contribution in [0.4, 0.5) is 13.2 Å². The summed E-state index contributed by atoms with van der Waals surface area (Å²) in [7, 11) is 0. The van der Waals surface area contributed by atoms with Crippen LogP contribution in [-0.4, -0.2) is 29.6 Å². The van der Waals surface area contributed by atoms with Crippen LogP contribution in [0.25, 0.3) is 0 Å². The van der Waals surface area contributed by atoms with Crippen molar-refractivity contribution in [3.05, 3.63) is 23.8 Å². The van der Waals surface area contributed by atoms with Crippen LogP contribution in [0.2, 0.25) is 0 Å². The Morgan fingerprint density at radius 3 is 2.63 bits per heavy atom. The van der Waals surface area contributed by atoms with Crippen molar-refractivity contribution in [2.45, 2.75) is 24.4 Å². The summed E-state index contributed by atoms with van der Waals surface area (Å²) in [5.74, 6) is -0.583. The molecular formula is C12H13F3O3S. The van der Waals surface area contributed by atoms with Crippen LogP contribution in [0, 0.1) is 0 Å². The van der Waals surface area contributed by atoms with E-state index in [0.29, 0.717) is 10.6 Å². The van der Waals surface area contributed by atoms with Gasteiger partial charge in [-0.05, 0) is 17.9 Å². The summed E-state index contributed by atoms with van der Waals surface area (Å²) in [5.41, 5.74) is -0.0866. The molecule has 0 aliphatic rings. The topological polar surface area (TPSA) is 46.5 Å². The number of carboxylic acids is 1. The number of hydrogen-bond donors (Lipinski definition) is 1. The lowest BCUT2D eigenvalue weighted by Crippen LogP contribution is -2.14. The van der Waals surface area contributed by atoms with Gasteiger partial charge in [0.05, 0.1) is 13.0 Å². The summed E-state index contributed by atoms with van der Waals surface area (Å²) >= 11 is 1.30. The number of alkyl halides is 3. The molecule has 106 valence electrons. The first kappa shape index (κ1) is 15.7. The van der Waals surface area contributed by atoms with Crippen molar-refractivity contribution < 1.29 is 27.8 Å².